The Labute approximate surface area is 125 Å². The van der Waals surface area contributed by atoms with Crippen molar-refractivity contribution in [3.05, 3.63) is 43.4 Å². The average molecular weight is 313 g/mol. The van der Waals surface area contributed by atoms with Crippen molar-refractivity contribution in [2.24, 2.45) is 0 Å². The SMILES string of the molecule is CC(C)(C)c1csc(Cc2ncnc(Cl)c2[N+](=O)[O-])n1. The first kappa shape index (κ1) is 14.8. The Morgan fingerprint density at radius 1 is 1.40 bits per heavy atom. The third-order valence-corrected chi connectivity index (χ3v) is 3.80. The molecular weight excluding hydrogens is 300 g/mol. The fraction of sp³-hybridized carbons (Fsp3) is 0.417. The van der Waals surface area contributed by atoms with Crippen LogP contribution in [0.1, 0.15) is 37.2 Å². The summed E-state index contributed by atoms with van der Waals surface area (Å²) in [4.78, 5) is 22.6. The Balaban J connectivity index is 2.34. The van der Waals surface area contributed by atoms with Crippen molar-refractivity contribution in [1.29, 1.82) is 0 Å². The molecule has 0 saturated heterocycles. The molecular formula is C12H13ClN4O2S. The molecule has 106 valence electrons. The maximum Gasteiger partial charge on any atom is 0.328 e. The fourth-order valence-corrected chi connectivity index (χ4v) is 2.83. The summed E-state index contributed by atoms with van der Waals surface area (Å²) in [5.41, 5.74) is 0.941. The predicted octanol–water partition coefficient (Wildman–Crippen LogP) is 3.38. The first-order chi connectivity index (χ1) is 9.29. The molecule has 0 saturated carbocycles. The van der Waals surface area contributed by atoms with Crippen molar-refractivity contribution >= 4 is 28.6 Å². The smallest absolute Gasteiger partial charge is 0.258 e. The highest BCUT2D eigenvalue weighted by Crippen LogP contribution is 2.29. The number of thiazole rings is 1. The molecule has 0 amide bonds. The Morgan fingerprint density at radius 3 is 2.65 bits per heavy atom. The van der Waals surface area contributed by atoms with Crippen molar-refractivity contribution < 1.29 is 4.92 Å². The third-order valence-electron chi connectivity index (χ3n) is 2.67. The van der Waals surface area contributed by atoms with Crippen LogP contribution in [0.2, 0.25) is 5.15 Å². The highest BCUT2D eigenvalue weighted by molar-refractivity contribution is 7.09. The average Bonchev–Trinajstić information content (AvgIpc) is 2.76. The van der Waals surface area contributed by atoms with Crippen LogP contribution in [0.3, 0.4) is 0 Å². The Hall–Kier alpha value is -1.60. The summed E-state index contributed by atoms with van der Waals surface area (Å²) < 4.78 is 0. The molecule has 20 heavy (non-hydrogen) atoms. The van der Waals surface area contributed by atoms with Gasteiger partial charge in [0.25, 0.3) is 0 Å². The van der Waals surface area contributed by atoms with Gasteiger partial charge in [0.2, 0.25) is 5.15 Å². The minimum Gasteiger partial charge on any atom is -0.258 e. The summed E-state index contributed by atoms with van der Waals surface area (Å²) in [5, 5.41) is 13.6. The van der Waals surface area contributed by atoms with Crippen LogP contribution in [-0.4, -0.2) is 19.9 Å². The largest absolute Gasteiger partial charge is 0.328 e. The minimum atomic E-state index is -0.560. The third kappa shape index (κ3) is 3.10. The molecule has 2 aromatic heterocycles. The standard InChI is InChI=1S/C12H13ClN4O2S/c1-12(2,3)8-5-20-9(16-8)4-7-10(17(18)19)11(13)15-6-14-7/h5-6H,4H2,1-3H3. The summed E-state index contributed by atoms with van der Waals surface area (Å²) >= 11 is 7.22. The van der Waals surface area contributed by atoms with Gasteiger partial charge in [0, 0.05) is 17.2 Å². The lowest BCUT2D eigenvalue weighted by molar-refractivity contribution is -0.386. The number of nitrogens with zero attached hydrogens (tertiary/aromatic N) is 4. The number of aromatic nitrogens is 3. The molecule has 0 aromatic carbocycles. The van der Waals surface area contributed by atoms with E-state index in [1.54, 1.807) is 0 Å². The first-order valence-corrected chi connectivity index (χ1v) is 7.13. The van der Waals surface area contributed by atoms with Crippen molar-refractivity contribution in [1.82, 2.24) is 15.0 Å². The first-order valence-electron chi connectivity index (χ1n) is 5.87. The van der Waals surface area contributed by atoms with Gasteiger partial charge in [-0.2, -0.15) is 0 Å². The Bertz CT molecular complexity index is 651. The van der Waals surface area contributed by atoms with Crippen LogP contribution in [0.25, 0.3) is 0 Å². The molecule has 8 heteroatoms. The highest BCUT2D eigenvalue weighted by Gasteiger charge is 2.23. The molecule has 0 aliphatic heterocycles. The van der Waals surface area contributed by atoms with E-state index in [0.717, 1.165) is 10.7 Å². The van der Waals surface area contributed by atoms with E-state index in [1.165, 1.54) is 17.7 Å². The second-order valence-corrected chi connectivity index (χ2v) is 6.57. The normalized spacial score (nSPS) is 11.6. The van der Waals surface area contributed by atoms with Gasteiger partial charge in [-0.1, -0.05) is 32.4 Å². The van der Waals surface area contributed by atoms with Gasteiger partial charge in [-0.25, -0.2) is 15.0 Å². The highest BCUT2D eigenvalue weighted by atomic mass is 35.5. The van der Waals surface area contributed by atoms with E-state index >= 15 is 0 Å². The summed E-state index contributed by atoms with van der Waals surface area (Å²) in [6, 6.07) is 0. The fourth-order valence-electron chi connectivity index (χ4n) is 1.58. The molecule has 0 radical (unpaired) electrons. The summed E-state index contributed by atoms with van der Waals surface area (Å²) in [6.07, 6.45) is 1.50. The van der Waals surface area contributed by atoms with Gasteiger partial charge in [0.1, 0.15) is 12.0 Å². The number of halogens is 1. The van der Waals surface area contributed by atoms with Crippen LogP contribution in [0.5, 0.6) is 0 Å². The van der Waals surface area contributed by atoms with E-state index in [-0.39, 0.29) is 28.4 Å². The zero-order valence-corrected chi connectivity index (χ0v) is 12.8. The van der Waals surface area contributed by atoms with Gasteiger partial charge in [-0.15, -0.1) is 11.3 Å². The molecule has 2 rings (SSSR count). The predicted molar refractivity (Wildman–Crippen MR) is 77.3 cm³/mol. The van der Waals surface area contributed by atoms with Crippen LogP contribution >= 0.6 is 22.9 Å². The monoisotopic (exact) mass is 312 g/mol. The molecule has 0 aliphatic rings. The van der Waals surface area contributed by atoms with E-state index in [0.29, 0.717) is 0 Å². The van der Waals surface area contributed by atoms with Crippen LogP contribution < -0.4 is 0 Å². The zero-order valence-electron chi connectivity index (χ0n) is 11.3. The van der Waals surface area contributed by atoms with Crippen LogP contribution in [-0.2, 0) is 11.8 Å². The Morgan fingerprint density at radius 2 is 2.10 bits per heavy atom. The van der Waals surface area contributed by atoms with Crippen molar-refractivity contribution in [2.45, 2.75) is 32.6 Å². The molecule has 0 aliphatic carbocycles. The van der Waals surface area contributed by atoms with Gasteiger partial charge < -0.3 is 0 Å². The molecule has 0 fully saturated rings. The van der Waals surface area contributed by atoms with Gasteiger partial charge in [0.05, 0.1) is 15.6 Å². The van der Waals surface area contributed by atoms with Crippen molar-refractivity contribution in [3.8, 4) is 0 Å². The number of rotatable bonds is 3. The summed E-state index contributed by atoms with van der Waals surface area (Å²) in [6.45, 7) is 6.20. The van der Waals surface area contributed by atoms with E-state index in [9.17, 15) is 10.1 Å². The van der Waals surface area contributed by atoms with E-state index in [4.69, 9.17) is 11.6 Å². The number of nitro groups is 1. The quantitative estimate of drug-likeness (QED) is 0.493. The second kappa shape index (κ2) is 5.41. The molecule has 0 spiro atoms. The van der Waals surface area contributed by atoms with Gasteiger partial charge >= 0.3 is 5.69 Å². The van der Waals surface area contributed by atoms with Crippen LogP contribution in [0.4, 0.5) is 5.69 Å². The summed E-state index contributed by atoms with van der Waals surface area (Å²) in [7, 11) is 0. The number of hydrogen-bond acceptors (Lipinski definition) is 6. The maximum absolute atomic E-state index is 11.0. The van der Waals surface area contributed by atoms with Gasteiger partial charge in [-0.3, -0.25) is 10.1 Å². The second-order valence-electron chi connectivity index (χ2n) is 5.27. The Kier molecular flexibility index (Phi) is 4.01. The topological polar surface area (TPSA) is 81.8 Å². The van der Waals surface area contributed by atoms with Gasteiger partial charge in [-0.05, 0) is 0 Å². The summed E-state index contributed by atoms with van der Waals surface area (Å²) in [5.74, 6) is 0. The molecule has 0 atom stereocenters. The lowest BCUT2D eigenvalue weighted by atomic mass is 9.93. The van der Waals surface area contributed by atoms with Gasteiger partial charge in [0.15, 0.2) is 0 Å². The molecule has 0 N–H and O–H groups in total. The maximum atomic E-state index is 11.0. The lowest BCUT2D eigenvalue weighted by Crippen LogP contribution is -2.11. The van der Waals surface area contributed by atoms with E-state index < -0.39 is 4.92 Å². The zero-order chi connectivity index (χ0) is 14.9. The van der Waals surface area contributed by atoms with Crippen molar-refractivity contribution in [2.75, 3.05) is 0 Å². The van der Waals surface area contributed by atoms with Crippen LogP contribution in [0, 0.1) is 10.1 Å². The van der Waals surface area contributed by atoms with E-state index in [1.807, 2.05) is 5.38 Å². The van der Waals surface area contributed by atoms with Crippen molar-refractivity contribution in [3.63, 3.8) is 0 Å². The molecule has 2 aromatic rings. The van der Waals surface area contributed by atoms with Crippen LogP contribution in [0.15, 0.2) is 11.7 Å². The molecule has 0 bridgehead atoms. The number of hydrogen-bond donors (Lipinski definition) is 0. The molecule has 6 nitrogen and oxygen atoms in total. The molecule has 0 unspecified atom stereocenters. The lowest BCUT2D eigenvalue weighted by Gasteiger charge is -2.14. The molecule has 2 heterocycles. The minimum absolute atomic E-state index is 0.0516. The van der Waals surface area contributed by atoms with E-state index in [2.05, 4.69) is 35.7 Å².